The van der Waals surface area contributed by atoms with Gasteiger partial charge in [-0.25, -0.2) is 0 Å². The molecule has 1 aromatic rings. The van der Waals surface area contributed by atoms with Crippen molar-refractivity contribution < 1.29 is 4.79 Å². The number of hydrogen-bond donors (Lipinski definition) is 0. The monoisotopic (exact) mass is 398 g/mol. The summed E-state index contributed by atoms with van der Waals surface area (Å²) in [4.78, 5) is 18.1. The van der Waals surface area contributed by atoms with Crippen molar-refractivity contribution in [3.63, 3.8) is 0 Å². The van der Waals surface area contributed by atoms with Crippen LogP contribution >= 0.6 is 35.0 Å². The van der Waals surface area contributed by atoms with Gasteiger partial charge in [0.15, 0.2) is 0 Å². The zero-order valence-corrected chi connectivity index (χ0v) is 16.7. The Morgan fingerprint density at radius 2 is 1.92 bits per heavy atom. The van der Waals surface area contributed by atoms with Crippen molar-refractivity contribution in [1.82, 2.24) is 9.80 Å². The van der Waals surface area contributed by atoms with E-state index in [9.17, 15) is 4.79 Å². The standard InChI is InChI=1S/C19H24Cl2N2OS/c20-17-9-13-3-4-15(16(13)10-18(17)21)19(24)23-7-8-25-12-14(23)11-22-5-1-2-6-22/h9-10,14-15H,1-8,11-12H2. The molecule has 3 nitrogen and oxygen atoms in total. The van der Waals surface area contributed by atoms with Crippen molar-refractivity contribution >= 4 is 40.9 Å². The number of aryl methyl sites for hydroxylation is 1. The van der Waals surface area contributed by atoms with Crippen LogP contribution in [0.3, 0.4) is 0 Å². The van der Waals surface area contributed by atoms with Gasteiger partial charge in [0, 0.05) is 24.6 Å². The first-order valence-electron chi connectivity index (χ1n) is 9.22. The van der Waals surface area contributed by atoms with Gasteiger partial charge in [0.1, 0.15) is 0 Å². The van der Waals surface area contributed by atoms with Crippen LogP contribution in [-0.2, 0) is 11.2 Å². The molecule has 2 atom stereocenters. The van der Waals surface area contributed by atoms with Crippen LogP contribution in [0.1, 0.15) is 36.3 Å². The summed E-state index contributed by atoms with van der Waals surface area (Å²) >= 11 is 14.4. The predicted molar refractivity (Wildman–Crippen MR) is 106 cm³/mol. The third-order valence-electron chi connectivity index (χ3n) is 5.74. The minimum absolute atomic E-state index is 0.0473. The number of benzene rings is 1. The van der Waals surface area contributed by atoms with Crippen LogP contribution in [0.4, 0.5) is 0 Å². The summed E-state index contributed by atoms with van der Waals surface area (Å²) in [5.74, 6) is 2.35. The van der Waals surface area contributed by atoms with Gasteiger partial charge in [-0.2, -0.15) is 11.8 Å². The van der Waals surface area contributed by atoms with Gasteiger partial charge in [0.2, 0.25) is 5.91 Å². The Morgan fingerprint density at radius 1 is 1.16 bits per heavy atom. The molecule has 1 aromatic carbocycles. The molecular weight excluding hydrogens is 375 g/mol. The summed E-state index contributed by atoms with van der Waals surface area (Å²) in [6, 6.07) is 4.21. The van der Waals surface area contributed by atoms with Crippen LogP contribution in [0.5, 0.6) is 0 Å². The largest absolute Gasteiger partial charge is 0.336 e. The van der Waals surface area contributed by atoms with E-state index in [-0.39, 0.29) is 5.92 Å². The number of thioether (sulfide) groups is 1. The fraction of sp³-hybridized carbons (Fsp3) is 0.632. The van der Waals surface area contributed by atoms with Gasteiger partial charge in [-0.3, -0.25) is 4.79 Å². The normalized spacial score (nSPS) is 26.9. The predicted octanol–water partition coefficient (Wildman–Crippen LogP) is 4.06. The lowest BCUT2D eigenvalue weighted by Crippen LogP contribution is -2.52. The maximum absolute atomic E-state index is 13.4. The number of fused-ring (bicyclic) bond motifs is 1. The highest BCUT2D eigenvalue weighted by Gasteiger charge is 2.37. The number of carbonyl (C=O) groups excluding carboxylic acids is 1. The molecule has 1 aliphatic carbocycles. The summed E-state index contributed by atoms with van der Waals surface area (Å²) < 4.78 is 0. The van der Waals surface area contributed by atoms with E-state index in [1.165, 1.54) is 31.5 Å². The highest BCUT2D eigenvalue weighted by Crippen LogP contribution is 2.39. The molecule has 136 valence electrons. The first kappa shape index (κ1) is 18.0. The molecule has 3 aliphatic rings. The highest BCUT2D eigenvalue weighted by atomic mass is 35.5. The third-order valence-corrected chi connectivity index (χ3v) is 7.55. The van der Waals surface area contributed by atoms with Crippen molar-refractivity contribution in [3.8, 4) is 0 Å². The average Bonchev–Trinajstić information content (AvgIpc) is 3.25. The molecule has 0 N–H and O–H groups in total. The lowest BCUT2D eigenvalue weighted by Gasteiger charge is -2.39. The van der Waals surface area contributed by atoms with E-state index in [1.807, 2.05) is 23.9 Å². The first-order chi connectivity index (χ1) is 12.1. The Hall–Kier alpha value is -0.420. The second-order valence-electron chi connectivity index (χ2n) is 7.32. The molecule has 2 heterocycles. The lowest BCUT2D eigenvalue weighted by molar-refractivity contribution is -0.135. The third kappa shape index (κ3) is 3.69. The molecule has 0 aromatic heterocycles. The molecule has 2 aliphatic heterocycles. The number of hydrogen-bond acceptors (Lipinski definition) is 3. The summed E-state index contributed by atoms with van der Waals surface area (Å²) in [5.41, 5.74) is 2.28. The van der Waals surface area contributed by atoms with Crippen LogP contribution in [0, 0.1) is 0 Å². The van der Waals surface area contributed by atoms with Crippen molar-refractivity contribution in [2.24, 2.45) is 0 Å². The average molecular weight is 399 g/mol. The quantitative estimate of drug-likeness (QED) is 0.766. The molecule has 0 bridgehead atoms. The zero-order chi connectivity index (χ0) is 17.4. The molecule has 0 radical (unpaired) electrons. The van der Waals surface area contributed by atoms with E-state index >= 15 is 0 Å². The number of amides is 1. The minimum Gasteiger partial charge on any atom is -0.336 e. The van der Waals surface area contributed by atoms with E-state index < -0.39 is 0 Å². The zero-order valence-electron chi connectivity index (χ0n) is 14.3. The lowest BCUT2D eigenvalue weighted by atomic mass is 9.99. The SMILES string of the molecule is O=C(C1CCc2cc(Cl)c(Cl)cc21)N1CCSCC1CN1CCCC1. The second kappa shape index (κ2) is 7.67. The molecule has 2 unspecified atom stereocenters. The Bertz CT molecular complexity index is 663. The maximum atomic E-state index is 13.4. The Kier molecular flexibility index (Phi) is 5.52. The summed E-state index contributed by atoms with van der Waals surface area (Å²) in [5, 5.41) is 1.15. The smallest absolute Gasteiger partial charge is 0.230 e. The van der Waals surface area contributed by atoms with Crippen molar-refractivity contribution in [1.29, 1.82) is 0 Å². The summed E-state index contributed by atoms with van der Waals surface area (Å²) in [6.07, 6.45) is 4.39. The van der Waals surface area contributed by atoms with Crippen molar-refractivity contribution in [2.45, 2.75) is 37.6 Å². The molecular formula is C19H24Cl2N2OS. The van der Waals surface area contributed by atoms with E-state index in [0.717, 1.165) is 43.0 Å². The Balaban J connectivity index is 1.52. The molecule has 0 spiro atoms. The van der Waals surface area contributed by atoms with Gasteiger partial charge < -0.3 is 9.80 Å². The molecule has 25 heavy (non-hydrogen) atoms. The molecule has 2 fully saturated rings. The van der Waals surface area contributed by atoms with Crippen molar-refractivity contribution in [2.75, 3.05) is 37.7 Å². The highest BCUT2D eigenvalue weighted by molar-refractivity contribution is 7.99. The number of nitrogens with zero attached hydrogens (tertiary/aromatic N) is 2. The van der Waals surface area contributed by atoms with Gasteiger partial charge in [-0.15, -0.1) is 0 Å². The molecule has 2 saturated heterocycles. The van der Waals surface area contributed by atoms with Gasteiger partial charge in [0.25, 0.3) is 0 Å². The summed E-state index contributed by atoms with van der Waals surface area (Å²) in [6.45, 7) is 4.27. The van der Waals surface area contributed by atoms with Gasteiger partial charge >= 0.3 is 0 Å². The maximum Gasteiger partial charge on any atom is 0.230 e. The fourth-order valence-electron chi connectivity index (χ4n) is 4.42. The first-order valence-corrected chi connectivity index (χ1v) is 11.1. The van der Waals surface area contributed by atoms with Crippen LogP contribution in [-0.4, -0.2) is 59.4 Å². The minimum atomic E-state index is -0.0473. The van der Waals surface area contributed by atoms with Gasteiger partial charge in [-0.05, 0) is 62.0 Å². The number of halogens is 2. The second-order valence-corrected chi connectivity index (χ2v) is 9.29. The van der Waals surface area contributed by atoms with E-state index in [0.29, 0.717) is 22.0 Å². The topological polar surface area (TPSA) is 23.6 Å². The Morgan fingerprint density at radius 3 is 2.72 bits per heavy atom. The van der Waals surface area contributed by atoms with E-state index in [4.69, 9.17) is 23.2 Å². The number of carbonyl (C=O) groups is 1. The van der Waals surface area contributed by atoms with Crippen LogP contribution in [0.15, 0.2) is 12.1 Å². The molecule has 4 rings (SSSR count). The Labute approximate surface area is 164 Å². The van der Waals surface area contributed by atoms with E-state index in [2.05, 4.69) is 9.80 Å². The fourth-order valence-corrected chi connectivity index (χ4v) is 5.82. The van der Waals surface area contributed by atoms with Crippen molar-refractivity contribution in [3.05, 3.63) is 33.3 Å². The molecule has 1 amide bonds. The van der Waals surface area contributed by atoms with Gasteiger partial charge in [0.05, 0.1) is 22.0 Å². The van der Waals surface area contributed by atoms with Crippen LogP contribution in [0.25, 0.3) is 0 Å². The van der Waals surface area contributed by atoms with E-state index in [1.54, 1.807) is 0 Å². The number of rotatable bonds is 3. The van der Waals surface area contributed by atoms with Crippen LogP contribution in [0.2, 0.25) is 10.0 Å². The number of likely N-dealkylation sites (tertiary alicyclic amines) is 1. The van der Waals surface area contributed by atoms with Gasteiger partial charge in [-0.1, -0.05) is 23.2 Å². The molecule has 6 heteroatoms. The summed E-state index contributed by atoms with van der Waals surface area (Å²) in [7, 11) is 0. The van der Waals surface area contributed by atoms with Crippen LogP contribution < -0.4 is 0 Å². The molecule has 0 saturated carbocycles.